The van der Waals surface area contributed by atoms with Crippen molar-refractivity contribution in [3.05, 3.63) is 23.8 Å². The fourth-order valence-corrected chi connectivity index (χ4v) is 2.31. The van der Waals surface area contributed by atoms with E-state index < -0.39 is 14.1 Å². The molecule has 2 rings (SSSR count). The van der Waals surface area contributed by atoms with Crippen LogP contribution in [0.4, 0.5) is 0 Å². The summed E-state index contributed by atoms with van der Waals surface area (Å²) in [7, 11) is -2.02. The molecular weight excluding hydrogens is 247 g/mol. The molecule has 1 aromatic carbocycles. The molecule has 6 nitrogen and oxygen atoms in total. The maximum atomic E-state index is 11.5. The number of fused-ring (bicyclic) bond motifs is 1. The number of ether oxygens (including phenoxy) is 1. The van der Waals surface area contributed by atoms with E-state index in [4.69, 9.17) is 18.3 Å². The van der Waals surface area contributed by atoms with Crippen molar-refractivity contribution in [2.45, 2.75) is 6.92 Å². The van der Waals surface area contributed by atoms with Gasteiger partial charge in [0, 0.05) is 6.07 Å². The number of hydrogen-bond donors (Lipinski definition) is 1. The van der Waals surface area contributed by atoms with Crippen molar-refractivity contribution in [1.29, 1.82) is 0 Å². The molecule has 1 aliphatic rings. The van der Waals surface area contributed by atoms with Crippen molar-refractivity contribution in [3.8, 4) is 11.5 Å². The van der Waals surface area contributed by atoms with Crippen LogP contribution in [0, 0.1) is 0 Å². The van der Waals surface area contributed by atoms with E-state index >= 15 is 0 Å². The van der Waals surface area contributed by atoms with Crippen LogP contribution in [0.5, 0.6) is 11.5 Å². The minimum atomic E-state index is -3.30. The Hall–Kier alpha value is -1.36. The molecule has 92 valence electrons. The molecule has 1 aliphatic heterocycles. The molecule has 0 saturated carbocycles. The quantitative estimate of drug-likeness (QED) is 0.660. The van der Waals surface area contributed by atoms with Gasteiger partial charge in [-0.2, -0.15) is 4.89 Å². The standard InChI is InChI=1S/C10H12O6P/c1-3-14-10(11)7-4-5-8-9(6-7)16-17(12,13-2)15-8/h4-6,12H,3H2,1-2H3/q+1. The lowest BCUT2D eigenvalue weighted by Crippen LogP contribution is -2.04. The van der Waals surface area contributed by atoms with Crippen LogP contribution in [-0.4, -0.2) is 24.6 Å². The van der Waals surface area contributed by atoms with E-state index in [2.05, 4.69) is 0 Å². The van der Waals surface area contributed by atoms with E-state index in [-0.39, 0.29) is 5.75 Å². The first-order chi connectivity index (χ1) is 8.08. The predicted molar refractivity (Wildman–Crippen MR) is 59.8 cm³/mol. The summed E-state index contributed by atoms with van der Waals surface area (Å²) >= 11 is 0. The molecule has 0 aliphatic carbocycles. The molecule has 1 heterocycles. The molecule has 1 aromatic rings. The third-order valence-electron chi connectivity index (χ3n) is 2.11. The molecule has 0 spiro atoms. The van der Waals surface area contributed by atoms with E-state index in [1.807, 2.05) is 0 Å². The van der Waals surface area contributed by atoms with Gasteiger partial charge in [-0.3, -0.25) is 9.05 Å². The molecule has 0 amide bonds. The average molecular weight is 259 g/mol. The SMILES string of the molecule is CCOC(=O)c1ccc2c(c1)O[P+](O)(OC)O2. The molecule has 0 saturated heterocycles. The highest BCUT2D eigenvalue weighted by molar-refractivity contribution is 7.56. The Bertz CT molecular complexity index is 448. The normalized spacial score (nSPS) is 21.4. The zero-order valence-electron chi connectivity index (χ0n) is 9.37. The van der Waals surface area contributed by atoms with Crippen LogP contribution in [0.2, 0.25) is 0 Å². The third-order valence-corrected chi connectivity index (χ3v) is 3.43. The van der Waals surface area contributed by atoms with Crippen molar-refractivity contribution in [2.75, 3.05) is 13.7 Å². The Morgan fingerprint density at radius 2 is 2.12 bits per heavy atom. The third kappa shape index (κ3) is 2.34. The van der Waals surface area contributed by atoms with Crippen molar-refractivity contribution < 1.29 is 28.0 Å². The highest BCUT2D eigenvalue weighted by atomic mass is 31.2. The Morgan fingerprint density at radius 3 is 2.76 bits per heavy atom. The molecular formula is C10H12O6P+. The molecule has 0 aromatic heterocycles. The molecule has 1 N–H and O–H groups in total. The molecule has 0 fully saturated rings. The number of carbonyl (C=O) groups excluding carboxylic acids is 1. The Labute approximate surface area is 98.7 Å². The fourth-order valence-electron chi connectivity index (χ4n) is 1.34. The van der Waals surface area contributed by atoms with Gasteiger partial charge in [0.25, 0.3) is 0 Å². The van der Waals surface area contributed by atoms with Gasteiger partial charge in [-0.05, 0) is 19.1 Å². The number of hydrogen-bond acceptors (Lipinski definition) is 6. The number of rotatable bonds is 3. The maximum absolute atomic E-state index is 11.5. The van der Waals surface area contributed by atoms with Crippen LogP contribution < -0.4 is 9.05 Å². The van der Waals surface area contributed by atoms with Crippen molar-refractivity contribution >= 4 is 14.1 Å². The number of carbonyl (C=O) groups is 1. The first-order valence-electron chi connectivity index (χ1n) is 4.96. The minimum Gasteiger partial charge on any atom is -0.462 e. The van der Waals surface area contributed by atoms with Gasteiger partial charge in [0.2, 0.25) is 11.5 Å². The molecule has 1 atom stereocenters. The zero-order chi connectivity index (χ0) is 12.5. The van der Waals surface area contributed by atoms with Crippen molar-refractivity contribution in [1.82, 2.24) is 0 Å². The Morgan fingerprint density at radius 1 is 1.41 bits per heavy atom. The first-order valence-corrected chi connectivity index (χ1v) is 6.45. The summed E-state index contributed by atoms with van der Waals surface area (Å²) in [4.78, 5) is 21.2. The van der Waals surface area contributed by atoms with Crippen molar-refractivity contribution in [3.63, 3.8) is 0 Å². The summed E-state index contributed by atoms with van der Waals surface area (Å²) in [5.74, 6) is 0.161. The van der Waals surface area contributed by atoms with Crippen LogP contribution in [0.15, 0.2) is 18.2 Å². The molecule has 1 unspecified atom stereocenters. The highest BCUT2D eigenvalue weighted by Crippen LogP contribution is 2.64. The monoisotopic (exact) mass is 259 g/mol. The second-order valence-corrected chi connectivity index (χ2v) is 4.88. The van der Waals surface area contributed by atoms with Crippen LogP contribution >= 0.6 is 8.17 Å². The van der Waals surface area contributed by atoms with Crippen molar-refractivity contribution in [2.24, 2.45) is 0 Å². The van der Waals surface area contributed by atoms with E-state index in [9.17, 15) is 9.69 Å². The summed E-state index contributed by atoms with van der Waals surface area (Å²) in [6.07, 6.45) is 0. The number of benzene rings is 1. The van der Waals surface area contributed by atoms with Gasteiger partial charge in [0.15, 0.2) is 0 Å². The topological polar surface area (TPSA) is 74.2 Å². The lowest BCUT2D eigenvalue weighted by atomic mass is 10.2. The van der Waals surface area contributed by atoms with Gasteiger partial charge < -0.3 is 4.74 Å². The van der Waals surface area contributed by atoms with Gasteiger partial charge in [-0.1, -0.05) is 0 Å². The van der Waals surface area contributed by atoms with Gasteiger partial charge in [-0.25, -0.2) is 4.79 Å². The average Bonchev–Trinajstić information content (AvgIpc) is 2.65. The smallest absolute Gasteiger partial charge is 0.462 e. The summed E-state index contributed by atoms with van der Waals surface area (Å²) < 4.78 is 19.8. The largest absolute Gasteiger partial charge is 0.666 e. The molecule has 0 bridgehead atoms. The molecule has 7 heteroatoms. The number of esters is 1. The van der Waals surface area contributed by atoms with Crippen LogP contribution in [0.1, 0.15) is 17.3 Å². The van der Waals surface area contributed by atoms with Gasteiger partial charge >= 0.3 is 14.1 Å². The Kier molecular flexibility index (Phi) is 3.19. The van der Waals surface area contributed by atoms with Gasteiger partial charge in [-0.15, -0.1) is 4.52 Å². The van der Waals surface area contributed by atoms with Gasteiger partial charge in [0.1, 0.15) is 0 Å². The van der Waals surface area contributed by atoms with Crippen LogP contribution in [0.3, 0.4) is 0 Å². The summed E-state index contributed by atoms with van der Waals surface area (Å²) in [5, 5.41) is 0. The zero-order valence-corrected chi connectivity index (χ0v) is 10.3. The van der Waals surface area contributed by atoms with Crippen LogP contribution in [0.25, 0.3) is 0 Å². The van der Waals surface area contributed by atoms with Gasteiger partial charge in [0.05, 0.1) is 19.3 Å². The summed E-state index contributed by atoms with van der Waals surface area (Å²) in [5.41, 5.74) is 0.332. The molecule has 17 heavy (non-hydrogen) atoms. The van der Waals surface area contributed by atoms with E-state index in [1.165, 1.54) is 25.3 Å². The Balaban J connectivity index is 2.24. The lowest BCUT2D eigenvalue weighted by molar-refractivity contribution is 0.0526. The predicted octanol–water partition coefficient (Wildman–Crippen LogP) is 1.95. The first kappa shape index (κ1) is 12.1. The summed E-state index contributed by atoms with van der Waals surface area (Å²) in [6, 6.07) is 4.51. The van der Waals surface area contributed by atoms with E-state index in [0.717, 1.165) is 0 Å². The second-order valence-electron chi connectivity index (χ2n) is 3.22. The maximum Gasteiger partial charge on any atom is 0.666 e. The van der Waals surface area contributed by atoms with Crippen LogP contribution in [-0.2, 0) is 9.26 Å². The second kappa shape index (κ2) is 4.49. The lowest BCUT2D eigenvalue weighted by Gasteiger charge is -2.02. The molecule has 0 radical (unpaired) electrons. The van der Waals surface area contributed by atoms with E-state index in [0.29, 0.717) is 17.9 Å². The highest BCUT2D eigenvalue weighted by Gasteiger charge is 2.53. The minimum absolute atomic E-state index is 0.272. The fraction of sp³-hybridized carbons (Fsp3) is 0.300. The summed E-state index contributed by atoms with van der Waals surface area (Å²) in [6.45, 7) is 2.02. The van der Waals surface area contributed by atoms with E-state index in [1.54, 1.807) is 6.92 Å².